The topological polar surface area (TPSA) is 28.2 Å². The predicted octanol–water partition coefficient (Wildman–Crippen LogP) is 2.97. The van der Waals surface area contributed by atoms with Gasteiger partial charge in [0.15, 0.2) is 5.13 Å². The third-order valence-corrected chi connectivity index (χ3v) is 4.55. The van der Waals surface area contributed by atoms with Crippen molar-refractivity contribution in [3.05, 3.63) is 10.6 Å². The smallest absolute Gasteiger partial charge is 0.185 e. The van der Waals surface area contributed by atoms with Gasteiger partial charge in [0.1, 0.15) is 0 Å². The average Bonchev–Trinajstić information content (AvgIpc) is 3.03. The minimum atomic E-state index is 0.566. The standard InChI is InChI=1S/C13H23N3S/c1-5-9(2)12-11(8-14-10-6-7-10)17-13(15-12)16(3)4/h9-10,14H,5-8H2,1-4H3. The van der Waals surface area contributed by atoms with E-state index in [2.05, 4.69) is 38.2 Å². The summed E-state index contributed by atoms with van der Waals surface area (Å²) in [5.41, 5.74) is 1.30. The van der Waals surface area contributed by atoms with E-state index in [4.69, 9.17) is 4.98 Å². The summed E-state index contributed by atoms with van der Waals surface area (Å²) in [4.78, 5) is 8.32. The molecule has 17 heavy (non-hydrogen) atoms. The highest BCUT2D eigenvalue weighted by atomic mass is 32.1. The van der Waals surface area contributed by atoms with Gasteiger partial charge in [-0.3, -0.25) is 0 Å². The minimum Gasteiger partial charge on any atom is -0.354 e. The molecule has 1 aliphatic carbocycles. The minimum absolute atomic E-state index is 0.566. The number of thiazole rings is 1. The molecule has 0 bridgehead atoms. The molecule has 96 valence electrons. The third kappa shape index (κ3) is 3.19. The molecule has 4 heteroatoms. The van der Waals surface area contributed by atoms with Crippen LogP contribution in [-0.4, -0.2) is 25.1 Å². The zero-order valence-corrected chi connectivity index (χ0v) is 12.1. The summed E-state index contributed by atoms with van der Waals surface area (Å²) in [6.45, 7) is 5.50. The number of hydrogen-bond acceptors (Lipinski definition) is 4. The van der Waals surface area contributed by atoms with Gasteiger partial charge in [-0.15, -0.1) is 11.3 Å². The van der Waals surface area contributed by atoms with Gasteiger partial charge < -0.3 is 10.2 Å². The van der Waals surface area contributed by atoms with Crippen LogP contribution < -0.4 is 10.2 Å². The van der Waals surface area contributed by atoms with E-state index in [0.29, 0.717) is 5.92 Å². The number of rotatable bonds is 6. The first-order valence-corrected chi connectivity index (χ1v) is 7.33. The second-order valence-corrected chi connectivity index (χ2v) is 6.23. The highest BCUT2D eigenvalue weighted by Crippen LogP contribution is 2.32. The quantitative estimate of drug-likeness (QED) is 0.845. The van der Waals surface area contributed by atoms with Crippen LogP contribution in [0.2, 0.25) is 0 Å². The lowest BCUT2D eigenvalue weighted by Crippen LogP contribution is -2.15. The van der Waals surface area contributed by atoms with Crippen LogP contribution in [0.4, 0.5) is 5.13 Å². The van der Waals surface area contributed by atoms with Gasteiger partial charge >= 0.3 is 0 Å². The summed E-state index contributed by atoms with van der Waals surface area (Å²) >= 11 is 1.83. The maximum Gasteiger partial charge on any atom is 0.185 e. The van der Waals surface area contributed by atoms with Crippen LogP contribution in [0.5, 0.6) is 0 Å². The van der Waals surface area contributed by atoms with Crippen molar-refractivity contribution in [1.82, 2.24) is 10.3 Å². The van der Waals surface area contributed by atoms with Gasteiger partial charge in [-0.25, -0.2) is 4.98 Å². The molecule has 0 aliphatic heterocycles. The Morgan fingerprint density at radius 1 is 1.47 bits per heavy atom. The Morgan fingerprint density at radius 3 is 2.71 bits per heavy atom. The molecule has 2 rings (SSSR count). The van der Waals surface area contributed by atoms with Gasteiger partial charge in [0, 0.05) is 31.6 Å². The molecular formula is C13H23N3S. The van der Waals surface area contributed by atoms with Gasteiger partial charge in [-0.05, 0) is 25.2 Å². The average molecular weight is 253 g/mol. The normalized spacial score (nSPS) is 17.2. The summed E-state index contributed by atoms with van der Waals surface area (Å²) in [5, 5.41) is 4.73. The predicted molar refractivity (Wildman–Crippen MR) is 75.0 cm³/mol. The zero-order valence-electron chi connectivity index (χ0n) is 11.3. The van der Waals surface area contributed by atoms with Crippen LogP contribution in [-0.2, 0) is 6.54 Å². The Balaban J connectivity index is 2.13. The van der Waals surface area contributed by atoms with Gasteiger partial charge in [-0.1, -0.05) is 13.8 Å². The van der Waals surface area contributed by atoms with Gasteiger partial charge in [0.2, 0.25) is 0 Å². The number of anilines is 1. The van der Waals surface area contributed by atoms with Gasteiger partial charge in [0.25, 0.3) is 0 Å². The fourth-order valence-corrected chi connectivity index (χ4v) is 2.83. The van der Waals surface area contributed by atoms with Crippen molar-refractivity contribution in [3.63, 3.8) is 0 Å². The number of aromatic nitrogens is 1. The van der Waals surface area contributed by atoms with Crippen LogP contribution in [0.3, 0.4) is 0 Å². The molecule has 1 saturated carbocycles. The number of nitrogens with zero attached hydrogens (tertiary/aromatic N) is 2. The van der Waals surface area contributed by atoms with Crippen LogP contribution in [0.15, 0.2) is 0 Å². The second kappa shape index (κ2) is 5.36. The third-order valence-electron chi connectivity index (χ3n) is 3.31. The molecular weight excluding hydrogens is 230 g/mol. The Kier molecular flexibility index (Phi) is 4.05. The van der Waals surface area contributed by atoms with E-state index >= 15 is 0 Å². The molecule has 1 aromatic rings. The lowest BCUT2D eigenvalue weighted by molar-refractivity contribution is 0.661. The maximum absolute atomic E-state index is 4.78. The highest BCUT2D eigenvalue weighted by Gasteiger charge is 2.22. The molecule has 1 fully saturated rings. The molecule has 1 unspecified atom stereocenters. The molecule has 0 aromatic carbocycles. The largest absolute Gasteiger partial charge is 0.354 e. The van der Waals surface area contributed by atoms with Crippen LogP contribution in [0, 0.1) is 0 Å². The summed E-state index contributed by atoms with van der Waals surface area (Å²) in [6, 6.07) is 0.768. The molecule has 0 spiro atoms. The molecule has 0 saturated heterocycles. The van der Waals surface area contributed by atoms with Crippen LogP contribution in [0.1, 0.15) is 49.6 Å². The molecule has 0 radical (unpaired) electrons. The molecule has 3 nitrogen and oxygen atoms in total. The van der Waals surface area contributed by atoms with E-state index in [-0.39, 0.29) is 0 Å². The van der Waals surface area contributed by atoms with Crippen molar-refractivity contribution in [1.29, 1.82) is 0 Å². The summed E-state index contributed by atoms with van der Waals surface area (Å²) < 4.78 is 0. The van der Waals surface area contributed by atoms with Crippen molar-refractivity contribution in [2.45, 2.75) is 51.6 Å². The highest BCUT2D eigenvalue weighted by molar-refractivity contribution is 7.15. The van der Waals surface area contributed by atoms with Crippen molar-refractivity contribution in [2.75, 3.05) is 19.0 Å². The van der Waals surface area contributed by atoms with E-state index in [1.54, 1.807) is 0 Å². The monoisotopic (exact) mass is 253 g/mol. The van der Waals surface area contributed by atoms with E-state index in [9.17, 15) is 0 Å². The molecule has 1 atom stereocenters. The SMILES string of the molecule is CCC(C)c1nc(N(C)C)sc1CNC1CC1. The van der Waals surface area contributed by atoms with Crippen LogP contribution in [0.25, 0.3) is 0 Å². The molecule has 1 heterocycles. The summed E-state index contributed by atoms with van der Waals surface area (Å²) in [6.07, 6.45) is 3.85. The fraction of sp³-hybridized carbons (Fsp3) is 0.769. The molecule has 0 amide bonds. The first-order valence-electron chi connectivity index (χ1n) is 6.52. The van der Waals surface area contributed by atoms with E-state index in [0.717, 1.165) is 24.1 Å². The Bertz CT molecular complexity index is 369. The van der Waals surface area contributed by atoms with Gasteiger partial charge in [0.05, 0.1) is 5.69 Å². The summed E-state index contributed by atoms with van der Waals surface area (Å²) in [5.74, 6) is 0.566. The molecule has 1 aliphatic rings. The van der Waals surface area contributed by atoms with Crippen molar-refractivity contribution >= 4 is 16.5 Å². The van der Waals surface area contributed by atoms with E-state index in [1.165, 1.54) is 23.4 Å². The number of hydrogen-bond donors (Lipinski definition) is 1. The van der Waals surface area contributed by atoms with E-state index < -0.39 is 0 Å². The Hall–Kier alpha value is -0.610. The van der Waals surface area contributed by atoms with Crippen molar-refractivity contribution < 1.29 is 0 Å². The fourth-order valence-electron chi connectivity index (χ4n) is 1.77. The first-order chi connectivity index (χ1) is 8.11. The Labute approximate surface area is 108 Å². The van der Waals surface area contributed by atoms with Gasteiger partial charge in [-0.2, -0.15) is 0 Å². The lowest BCUT2D eigenvalue weighted by atomic mass is 10.0. The first kappa shape index (κ1) is 12.8. The lowest BCUT2D eigenvalue weighted by Gasteiger charge is -2.08. The zero-order chi connectivity index (χ0) is 12.4. The second-order valence-electron chi connectivity index (χ2n) is 5.16. The van der Waals surface area contributed by atoms with Crippen molar-refractivity contribution in [2.24, 2.45) is 0 Å². The molecule has 1 aromatic heterocycles. The summed E-state index contributed by atoms with van der Waals surface area (Å²) in [7, 11) is 4.13. The van der Waals surface area contributed by atoms with Crippen molar-refractivity contribution in [3.8, 4) is 0 Å². The number of nitrogens with one attached hydrogen (secondary N) is 1. The van der Waals surface area contributed by atoms with E-state index in [1.807, 2.05) is 11.3 Å². The maximum atomic E-state index is 4.78. The Morgan fingerprint density at radius 2 is 2.18 bits per heavy atom. The molecule has 1 N–H and O–H groups in total. The van der Waals surface area contributed by atoms with Crippen LogP contribution >= 0.6 is 11.3 Å².